The van der Waals surface area contributed by atoms with Crippen molar-refractivity contribution in [3.63, 3.8) is 0 Å². The van der Waals surface area contributed by atoms with Crippen molar-refractivity contribution in [1.29, 1.82) is 0 Å². The van der Waals surface area contributed by atoms with E-state index >= 15 is 0 Å². The molecule has 1 N–H and O–H groups in total. The van der Waals surface area contributed by atoms with Crippen LogP contribution in [0.3, 0.4) is 0 Å². The Morgan fingerprint density at radius 3 is 2.29 bits per heavy atom. The summed E-state index contributed by atoms with van der Waals surface area (Å²) in [6.07, 6.45) is 1.79. The zero-order valence-electron chi connectivity index (χ0n) is 16.2. The predicted octanol–water partition coefficient (Wildman–Crippen LogP) is 4.23. The Balaban J connectivity index is 1.61. The normalized spacial score (nSPS) is 17.2. The number of carbonyl (C=O) groups is 1. The molecule has 0 aliphatic carbocycles. The SMILES string of the molecule is CC1CCN(S(=O)(=O)c2ccc(NC(=O)[C@H](C)Sc3ccccc3)cc2)CC1. The van der Waals surface area contributed by atoms with E-state index in [0.29, 0.717) is 24.7 Å². The maximum atomic E-state index is 12.8. The number of benzene rings is 2. The maximum Gasteiger partial charge on any atom is 0.243 e. The van der Waals surface area contributed by atoms with E-state index in [9.17, 15) is 13.2 Å². The van der Waals surface area contributed by atoms with Crippen molar-refractivity contribution in [2.45, 2.75) is 41.7 Å². The molecule has 1 aliphatic heterocycles. The maximum absolute atomic E-state index is 12.8. The van der Waals surface area contributed by atoms with Crippen molar-refractivity contribution in [3.8, 4) is 0 Å². The molecule has 1 saturated heterocycles. The highest BCUT2D eigenvalue weighted by molar-refractivity contribution is 8.00. The fourth-order valence-electron chi connectivity index (χ4n) is 3.09. The van der Waals surface area contributed by atoms with Gasteiger partial charge in [0.2, 0.25) is 15.9 Å². The summed E-state index contributed by atoms with van der Waals surface area (Å²) < 4.78 is 27.1. The number of nitrogens with zero attached hydrogens (tertiary/aromatic N) is 1. The number of amides is 1. The van der Waals surface area contributed by atoms with Gasteiger partial charge in [-0.1, -0.05) is 25.1 Å². The van der Waals surface area contributed by atoms with Crippen LogP contribution >= 0.6 is 11.8 Å². The first-order valence-corrected chi connectivity index (χ1v) is 11.8. The molecule has 2 aromatic carbocycles. The molecule has 1 aliphatic rings. The average Bonchev–Trinajstić information content (AvgIpc) is 2.69. The Hall–Kier alpha value is -1.83. The van der Waals surface area contributed by atoms with Crippen LogP contribution in [0.25, 0.3) is 0 Å². The zero-order valence-corrected chi connectivity index (χ0v) is 17.8. The Morgan fingerprint density at radius 1 is 1.07 bits per heavy atom. The van der Waals surface area contributed by atoms with Gasteiger partial charge in [-0.2, -0.15) is 4.31 Å². The standard InChI is InChI=1S/C21H26N2O3S2/c1-16-12-14-23(15-13-16)28(25,26)20-10-8-18(9-11-20)22-21(24)17(2)27-19-6-4-3-5-7-19/h3-11,16-17H,12-15H2,1-2H3,(H,22,24)/t17-/m0/s1. The second kappa shape index (κ2) is 9.11. The number of anilines is 1. The molecule has 1 heterocycles. The van der Waals surface area contributed by atoms with Gasteiger partial charge in [0, 0.05) is 23.7 Å². The Labute approximate surface area is 171 Å². The third-order valence-corrected chi connectivity index (χ3v) is 7.95. The number of carbonyl (C=O) groups excluding carboxylic acids is 1. The quantitative estimate of drug-likeness (QED) is 0.713. The van der Waals surface area contributed by atoms with E-state index in [4.69, 9.17) is 0 Å². The number of thioether (sulfide) groups is 1. The van der Waals surface area contributed by atoms with Gasteiger partial charge >= 0.3 is 0 Å². The van der Waals surface area contributed by atoms with Crippen molar-refractivity contribution < 1.29 is 13.2 Å². The summed E-state index contributed by atoms with van der Waals surface area (Å²) in [6.45, 7) is 5.13. The van der Waals surface area contributed by atoms with Crippen molar-refractivity contribution in [3.05, 3.63) is 54.6 Å². The van der Waals surface area contributed by atoms with Gasteiger partial charge in [-0.3, -0.25) is 4.79 Å². The smallest absolute Gasteiger partial charge is 0.243 e. The molecule has 0 radical (unpaired) electrons. The summed E-state index contributed by atoms with van der Waals surface area (Å²) >= 11 is 1.48. The molecule has 1 amide bonds. The monoisotopic (exact) mass is 418 g/mol. The number of sulfonamides is 1. The third-order valence-electron chi connectivity index (χ3n) is 4.93. The summed E-state index contributed by atoms with van der Waals surface area (Å²) in [4.78, 5) is 13.7. The molecule has 28 heavy (non-hydrogen) atoms. The van der Waals surface area contributed by atoms with E-state index in [0.717, 1.165) is 17.7 Å². The molecule has 2 aromatic rings. The van der Waals surface area contributed by atoms with E-state index in [-0.39, 0.29) is 16.1 Å². The molecular formula is C21H26N2O3S2. The first-order valence-electron chi connectivity index (χ1n) is 9.49. The Kier molecular flexibility index (Phi) is 6.80. The second-order valence-corrected chi connectivity index (χ2v) is 10.5. The Bertz CT molecular complexity index is 891. The first-order chi connectivity index (χ1) is 13.4. The van der Waals surface area contributed by atoms with Gasteiger partial charge in [0.25, 0.3) is 0 Å². The number of hydrogen-bond donors (Lipinski definition) is 1. The molecule has 1 fully saturated rings. The van der Waals surface area contributed by atoms with Crippen molar-refractivity contribution in [2.24, 2.45) is 5.92 Å². The predicted molar refractivity (Wildman–Crippen MR) is 114 cm³/mol. The van der Waals surface area contributed by atoms with E-state index < -0.39 is 10.0 Å². The molecule has 5 nitrogen and oxygen atoms in total. The van der Waals surface area contributed by atoms with E-state index in [1.165, 1.54) is 11.8 Å². The summed E-state index contributed by atoms with van der Waals surface area (Å²) in [5, 5.41) is 2.59. The van der Waals surface area contributed by atoms with Gasteiger partial charge < -0.3 is 5.32 Å². The van der Waals surface area contributed by atoms with Gasteiger partial charge in [-0.15, -0.1) is 11.8 Å². The molecular weight excluding hydrogens is 392 g/mol. The van der Waals surface area contributed by atoms with Crippen LogP contribution in [0.1, 0.15) is 26.7 Å². The van der Waals surface area contributed by atoms with Crippen LogP contribution in [0.4, 0.5) is 5.69 Å². The van der Waals surface area contributed by atoms with Crippen LogP contribution in [-0.4, -0.2) is 37.0 Å². The molecule has 3 rings (SSSR count). The molecule has 0 bridgehead atoms. The molecule has 0 saturated carbocycles. The Morgan fingerprint density at radius 2 is 1.68 bits per heavy atom. The number of piperidine rings is 1. The molecule has 0 spiro atoms. The highest BCUT2D eigenvalue weighted by Gasteiger charge is 2.28. The van der Waals surface area contributed by atoms with Crippen LogP contribution in [0.15, 0.2) is 64.4 Å². The number of rotatable bonds is 6. The molecule has 0 unspecified atom stereocenters. The van der Waals surface area contributed by atoms with Crippen LogP contribution < -0.4 is 5.32 Å². The first kappa shape index (κ1) is 20.9. The van der Waals surface area contributed by atoms with Crippen molar-refractivity contribution in [2.75, 3.05) is 18.4 Å². The van der Waals surface area contributed by atoms with Gasteiger partial charge in [-0.25, -0.2) is 8.42 Å². The van der Waals surface area contributed by atoms with Gasteiger partial charge in [0.1, 0.15) is 0 Å². The molecule has 1 atom stereocenters. The summed E-state index contributed by atoms with van der Waals surface area (Å²) in [6, 6.07) is 16.2. The fraction of sp³-hybridized carbons (Fsp3) is 0.381. The third kappa shape index (κ3) is 5.16. The fourth-order valence-corrected chi connectivity index (χ4v) is 5.44. The molecule has 0 aromatic heterocycles. The lowest BCUT2D eigenvalue weighted by Gasteiger charge is -2.29. The lowest BCUT2D eigenvalue weighted by Crippen LogP contribution is -2.37. The minimum absolute atomic E-state index is 0.116. The summed E-state index contributed by atoms with van der Waals surface area (Å²) in [7, 11) is -3.47. The lowest BCUT2D eigenvalue weighted by atomic mass is 10.0. The largest absolute Gasteiger partial charge is 0.325 e. The van der Waals surface area contributed by atoms with E-state index in [1.54, 1.807) is 28.6 Å². The minimum atomic E-state index is -3.47. The number of nitrogens with one attached hydrogen (secondary N) is 1. The average molecular weight is 419 g/mol. The van der Waals surface area contributed by atoms with Crippen LogP contribution in [0, 0.1) is 5.92 Å². The van der Waals surface area contributed by atoms with Crippen molar-refractivity contribution >= 4 is 33.4 Å². The second-order valence-electron chi connectivity index (χ2n) is 7.17. The molecule has 7 heteroatoms. The van der Waals surface area contributed by atoms with E-state index in [2.05, 4.69) is 12.2 Å². The van der Waals surface area contributed by atoms with Crippen molar-refractivity contribution in [1.82, 2.24) is 4.31 Å². The van der Waals surface area contributed by atoms with Gasteiger partial charge in [-0.05, 0) is 62.1 Å². The summed E-state index contributed by atoms with van der Waals surface area (Å²) in [5.74, 6) is 0.453. The minimum Gasteiger partial charge on any atom is -0.325 e. The van der Waals surface area contributed by atoms with Crippen LogP contribution in [-0.2, 0) is 14.8 Å². The van der Waals surface area contributed by atoms with Gasteiger partial charge in [0.05, 0.1) is 10.1 Å². The number of hydrogen-bond acceptors (Lipinski definition) is 4. The highest BCUT2D eigenvalue weighted by Crippen LogP contribution is 2.26. The van der Waals surface area contributed by atoms with Gasteiger partial charge in [0.15, 0.2) is 0 Å². The van der Waals surface area contributed by atoms with Crippen LogP contribution in [0.2, 0.25) is 0 Å². The summed E-state index contributed by atoms with van der Waals surface area (Å²) in [5.41, 5.74) is 0.594. The lowest BCUT2D eigenvalue weighted by molar-refractivity contribution is -0.115. The van der Waals surface area contributed by atoms with E-state index in [1.807, 2.05) is 37.3 Å². The molecule has 150 valence electrons. The van der Waals surface area contributed by atoms with Crippen LogP contribution in [0.5, 0.6) is 0 Å². The highest BCUT2D eigenvalue weighted by atomic mass is 32.2. The zero-order chi connectivity index (χ0) is 20.1. The topological polar surface area (TPSA) is 66.5 Å².